The third-order valence-corrected chi connectivity index (χ3v) is 2.80. The van der Waals surface area contributed by atoms with E-state index in [0.29, 0.717) is 0 Å². The molecule has 0 heterocycles. The molecule has 0 amide bonds. The summed E-state index contributed by atoms with van der Waals surface area (Å²) in [5.41, 5.74) is 0. The maximum atomic E-state index is 9.34. The fraction of sp³-hybridized carbons (Fsp3) is 1.00. The minimum absolute atomic E-state index is 0.285. The standard InChI is InChI=1S/C8H18O5S/c1-2-14-4-6(11)8(13)7(12)5(10)3-9/h5-13H,2-4H2,1H3/t5-,6-,7-,8+/m1/s1. The van der Waals surface area contributed by atoms with Crippen molar-refractivity contribution in [2.45, 2.75) is 31.3 Å². The van der Waals surface area contributed by atoms with Crippen LogP contribution >= 0.6 is 11.8 Å². The van der Waals surface area contributed by atoms with Crippen molar-refractivity contribution in [3.63, 3.8) is 0 Å². The third kappa shape index (κ3) is 4.59. The van der Waals surface area contributed by atoms with Crippen molar-refractivity contribution < 1.29 is 25.5 Å². The number of aliphatic hydroxyl groups is 5. The van der Waals surface area contributed by atoms with Crippen LogP contribution in [0, 0.1) is 0 Å². The van der Waals surface area contributed by atoms with E-state index in [2.05, 4.69) is 0 Å². The Labute approximate surface area is 87.4 Å². The molecule has 5 nitrogen and oxygen atoms in total. The van der Waals surface area contributed by atoms with Gasteiger partial charge in [-0.05, 0) is 5.75 Å². The van der Waals surface area contributed by atoms with Crippen LogP contribution in [0.5, 0.6) is 0 Å². The molecule has 0 bridgehead atoms. The SMILES string of the molecule is CCSC[C@@H](O)[C@H](O)[C@H](O)[C@H](O)CO. The number of hydrogen-bond acceptors (Lipinski definition) is 6. The predicted molar refractivity (Wildman–Crippen MR) is 54.1 cm³/mol. The highest BCUT2D eigenvalue weighted by Crippen LogP contribution is 2.10. The molecule has 0 aliphatic carbocycles. The fourth-order valence-corrected chi connectivity index (χ4v) is 1.57. The molecule has 0 rings (SSSR count). The maximum absolute atomic E-state index is 9.34. The van der Waals surface area contributed by atoms with Crippen molar-refractivity contribution in [2.24, 2.45) is 0 Å². The Bertz CT molecular complexity index is 146. The van der Waals surface area contributed by atoms with Gasteiger partial charge in [0, 0.05) is 5.75 Å². The minimum atomic E-state index is -1.52. The summed E-state index contributed by atoms with van der Waals surface area (Å²) in [5, 5.41) is 45.4. The van der Waals surface area contributed by atoms with Gasteiger partial charge in [0.2, 0.25) is 0 Å². The fourth-order valence-electron chi connectivity index (χ4n) is 0.900. The van der Waals surface area contributed by atoms with Crippen LogP contribution in [0.1, 0.15) is 6.92 Å². The highest BCUT2D eigenvalue weighted by Gasteiger charge is 2.29. The molecule has 4 atom stereocenters. The molecule has 6 heteroatoms. The summed E-state index contributed by atoms with van der Waals surface area (Å²) >= 11 is 1.42. The maximum Gasteiger partial charge on any atom is 0.111 e. The van der Waals surface area contributed by atoms with Crippen LogP contribution < -0.4 is 0 Å². The lowest BCUT2D eigenvalue weighted by Gasteiger charge is -2.25. The molecule has 0 aliphatic rings. The van der Waals surface area contributed by atoms with Gasteiger partial charge in [-0.15, -0.1) is 0 Å². The molecule has 0 aromatic heterocycles. The zero-order chi connectivity index (χ0) is 11.1. The van der Waals surface area contributed by atoms with E-state index in [1.165, 1.54) is 11.8 Å². The van der Waals surface area contributed by atoms with Crippen molar-refractivity contribution in [2.75, 3.05) is 18.1 Å². The number of aliphatic hydroxyl groups excluding tert-OH is 5. The molecule has 0 unspecified atom stereocenters. The van der Waals surface area contributed by atoms with E-state index in [9.17, 15) is 15.3 Å². The third-order valence-electron chi connectivity index (χ3n) is 1.82. The lowest BCUT2D eigenvalue weighted by Crippen LogP contribution is -2.46. The van der Waals surface area contributed by atoms with Gasteiger partial charge < -0.3 is 25.5 Å². The highest BCUT2D eigenvalue weighted by atomic mass is 32.2. The topological polar surface area (TPSA) is 101 Å². The van der Waals surface area contributed by atoms with Crippen LogP contribution in [0.3, 0.4) is 0 Å². The summed E-state index contributed by atoms with van der Waals surface area (Å²) in [4.78, 5) is 0. The Balaban J connectivity index is 3.95. The predicted octanol–water partition coefficient (Wildman–Crippen LogP) is -1.82. The van der Waals surface area contributed by atoms with Crippen molar-refractivity contribution in [3.05, 3.63) is 0 Å². The molecule has 0 saturated heterocycles. The average Bonchev–Trinajstić information content (AvgIpc) is 2.22. The van der Waals surface area contributed by atoms with E-state index in [-0.39, 0.29) is 5.75 Å². The Morgan fingerprint density at radius 3 is 1.93 bits per heavy atom. The Hall–Kier alpha value is 0.150. The summed E-state index contributed by atoms with van der Waals surface area (Å²) in [6.45, 7) is 1.26. The van der Waals surface area contributed by atoms with Gasteiger partial charge in [0.15, 0.2) is 0 Å². The molecule has 0 saturated carbocycles. The van der Waals surface area contributed by atoms with Gasteiger partial charge in [-0.3, -0.25) is 0 Å². The second kappa shape index (κ2) is 7.44. The van der Waals surface area contributed by atoms with E-state index in [1.807, 2.05) is 6.92 Å². The first-order chi connectivity index (χ1) is 6.54. The van der Waals surface area contributed by atoms with Gasteiger partial charge in [-0.2, -0.15) is 11.8 Å². The van der Waals surface area contributed by atoms with Gasteiger partial charge in [0.25, 0.3) is 0 Å². The first-order valence-electron chi connectivity index (χ1n) is 4.45. The highest BCUT2D eigenvalue weighted by molar-refractivity contribution is 7.99. The van der Waals surface area contributed by atoms with Crippen LogP contribution in [0.4, 0.5) is 0 Å². The van der Waals surface area contributed by atoms with Gasteiger partial charge in [-0.1, -0.05) is 6.92 Å². The van der Waals surface area contributed by atoms with E-state index in [1.54, 1.807) is 0 Å². The number of thioether (sulfide) groups is 1. The summed E-state index contributed by atoms with van der Waals surface area (Å²) in [7, 11) is 0. The lowest BCUT2D eigenvalue weighted by molar-refractivity contribution is -0.109. The van der Waals surface area contributed by atoms with Crippen LogP contribution in [0.2, 0.25) is 0 Å². The molecule has 5 N–H and O–H groups in total. The summed E-state index contributed by atoms with van der Waals surface area (Å²) in [5.74, 6) is 1.08. The van der Waals surface area contributed by atoms with Crippen molar-refractivity contribution in [3.8, 4) is 0 Å². The zero-order valence-corrected chi connectivity index (χ0v) is 8.89. The van der Waals surface area contributed by atoms with Gasteiger partial charge >= 0.3 is 0 Å². The first-order valence-corrected chi connectivity index (χ1v) is 5.60. The molecular weight excluding hydrogens is 208 g/mol. The van der Waals surface area contributed by atoms with Crippen LogP contribution in [0.15, 0.2) is 0 Å². The van der Waals surface area contributed by atoms with Crippen LogP contribution in [-0.4, -0.2) is 68.1 Å². The Kier molecular flexibility index (Phi) is 7.52. The molecule has 0 fully saturated rings. The van der Waals surface area contributed by atoms with Gasteiger partial charge in [0.1, 0.15) is 18.3 Å². The molecule has 86 valence electrons. The molecule has 0 spiro atoms. The number of hydrogen-bond donors (Lipinski definition) is 5. The van der Waals surface area contributed by atoms with E-state index in [4.69, 9.17) is 10.2 Å². The van der Waals surface area contributed by atoms with Crippen LogP contribution in [-0.2, 0) is 0 Å². The average molecular weight is 226 g/mol. The van der Waals surface area contributed by atoms with E-state index < -0.39 is 31.0 Å². The second-order valence-corrected chi connectivity index (χ2v) is 4.28. The number of rotatable bonds is 7. The van der Waals surface area contributed by atoms with Crippen LogP contribution in [0.25, 0.3) is 0 Å². The normalized spacial score (nSPS) is 20.1. The molecule has 0 aromatic rings. The molecule has 0 aliphatic heterocycles. The largest absolute Gasteiger partial charge is 0.394 e. The van der Waals surface area contributed by atoms with Gasteiger partial charge in [0.05, 0.1) is 12.7 Å². The molecular formula is C8H18O5S. The molecule has 0 radical (unpaired) electrons. The summed E-state index contributed by atoms with van der Waals surface area (Å²) in [6.07, 6.45) is -5.48. The lowest BCUT2D eigenvalue weighted by atomic mass is 10.0. The monoisotopic (exact) mass is 226 g/mol. The molecule has 0 aromatic carbocycles. The van der Waals surface area contributed by atoms with E-state index in [0.717, 1.165) is 5.75 Å². The Morgan fingerprint density at radius 2 is 1.50 bits per heavy atom. The summed E-state index contributed by atoms with van der Waals surface area (Å²) in [6, 6.07) is 0. The second-order valence-electron chi connectivity index (χ2n) is 2.96. The Morgan fingerprint density at radius 1 is 1.00 bits per heavy atom. The zero-order valence-electron chi connectivity index (χ0n) is 8.08. The van der Waals surface area contributed by atoms with Crippen molar-refractivity contribution in [1.29, 1.82) is 0 Å². The molecule has 14 heavy (non-hydrogen) atoms. The summed E-state index contributed by atoms with van der Waals surface area (Å²) < 4.78 is 0. The van der Waals surface area contributed by atoms with Crippen molar-refractivity contribution in [1.82, 2.24) is 0 Å². The minimum Gasteiger partial charge on any atom is -0.394 e. The quantitative estimate of drug-likeness (QED) is 0.350. The van der Waals surface area contributed by atoms with Crippen molar-refractivity contribution >= 4 is 11.8 Å². The first kappa shape index (κ1) is 14.2. The van der Waals surface area contributed by atoms with Gasteiger partial charge in [-0.25, -0.2) is 0 Å². The smallest absolute Gasteiger partial charge is 0.111 e. The van der Waals surface area contributed by atoms with E-state index >= 15 is 0 Å².